The number of carbonyl (C=O) groups is 1. The number of aliphatic hydroxyl groups excluding tert-OH is 1. The number of piperazine rings is 1. The monoisotopic (exact) mass is 319 g/mol. The molecule has 0 unspecified atom stereocenters. The minimum atomic E-state index is -0.222. The maximum Gasteiger partial charge on any atom is 0.244 e. The first-order valence-electron chi connectivity index (χ1n) is 8.38. The molecule has 0 spiro atoms. The Labute approximate surface area is 139 Å². The van der Waals surface area contributed by atoms with E-state index >= 15 is 0 Å². The number of hydrogen-bond acceptors (Lipinski definition) is 4. The summed E-state index contributed by atoms with van der Waals surface area (Å²) >= 11 is 0. The number of rotatable bonds is 6. The molecule has 0 aliphatic carbocycles. The van der Waals surface area contributed by atoms with E-state index in [4.69, 9.17) is 5.11 Å². The first kappa shape index (κ1) is 17.9. The fraction of sp³-hybridized carbons (Fsp3) is 0.611. The van der Waals surface area contributed by atoms with Gasteiger partial charge >= 0.3 is 0 Å². The Balaban J connectivity index is 2.04. The van der Waals surface area contributed by atoms with Crippen molar-refractivity contribution in [2.24, 2.45) is 0 Å². The quantitative estimate of drug-likeness (QED) is 0.854. The van der Waals surface area contributed by atoms with Crippen LogP contribution in [0, 0.1) is 6.92 Å². The maximum absolute atomic E-state index is 13.0. The van der Waals surface area contributed by atoms with Gasteiger partial charge in [0.15, 0.2) is 0 Å². The Hall–Kier alpha value is -1.43. The van der Waals surface area contributed by atoms with Gasteiger partial charge < -0.3 is 10.0 Å². The smallest absolute Gasteiger partial charge is 0.244 e. The van der Waals surface area contributed by atoms with E-state index in [-0.39, 0.29) is 18.6 Å². The molecule has 1 heterocycles. The highest BCUT2D eigenvalue weighted by Crippen LogP contribution is 2.24. The molecule has 128 valence electrons. The van der Waals surface area contributed by atoms with Gasteiger partial charge in [-0.2, -0.15) is 0 Å². The zero-order valence-electron chi connectivity index (χ0n) is 14.5. The van der Waals surface area contributed by atoms with Crippen LogP contribution in [0.25, 0.3) is 0 Å². The number of benzene rings is 1. The average molecular weight is 319 g/mol. The zero-order chi connectivity index (χ0) is 16.8. The summed E-state index contributed by atoms with van der Waals surface area (Å²) in [4.78, 5) is 19.3. The molecule has 0 radical (unpaired) electrons. The summed E-state index contributed by atoms with van der Waals surface area (Å²) in [7, 11) is 3.93. The van der Waals surface area contributed by atoms with Gasteiger partial charge in [-0.3, -0.25) is 14.6 Å². The Morgan fingerprint density at radius 1 is 1.22 bits per heavy atom. The molecule has 1 N–H and O–H groups in total. The Morgan fingerprint density at radius 3 is 2.43 bits per heavy atom. The average Bonchev–Trinajstić information content (AvgIpc) is 2.55. The zero-order valence-corrected chi connectivity index (χ0v) is 14.5. The molecular weight excluding hydrogens is 290 g/mol. The van der Waals surface area contributed by atoms with Crippen molar-refractivity contribution in [3.63, 3.8) is 0 Å². The van der Waals surface area contributed by atoms with E-state index in [0.29, 0.717) is 0 Å². The topological polar surface area (TPSA) is 47.0 Å². The van der Waals surface area contributed by atoms with Gasteiger partial charge in [-0.25, -0.2) is 0 Å². The largest absolute Gasteiger partial charge is 0.396 e. The molecular formula is C18H29N3O2. The van der Waals surface area contributed by atoms with Crippen molar-refractivity contribution in [1.82, 2.24) is 14.7 Å². The maximum atomic E-state index is 13.0. The number of hydrogen-bond donors (Lipinski definition) is 1. The van der Waals surface area contributed by atoms with Crippen molar-refractivity contribution in [2.45, 2.75) is 19.4 Å². The summed E-state index contributed by atoms with van der Waals surface area (Å²) < 4.78 is 0. The number of nitrogens with zero attached hydrogens (tertiary/aromatic N) is 3. The van der Waals surface area contributed by atoms with E-state index in [1.54, 1.807) is 0 Å². The SMILES string of the molecule is Cc1ccccc1[C@@H](C(=O)N1CCN(CCCO)CC1)N(C)C. The van der Waals surface area contributed by atoms with Crippen molar-refractivity contribution in [2.75, 3.05) is 53.4 Å². The van der Waals surface area contributed by atoms with Crippen molar-refractivity contribution >= 4 is 5.91 Å². The lowest BCUT2D eigenvalue weighted by Crippen LogP contribution is -2.51. The minimum absolute atomic E-state index is 0.186. The summed E-state index contributed by atoms with van der Waals surface area (Å²) in [5, 5.41) is 8.93. The van der Waals surface area contributed by atoms with Crippen LogP contribution in [0.15, 0.2) is 24.3 Å². The molecule has 1 atom stereocenters. The first-order valence-corrected chi connectivity index (χ1v) is 8.38. The highest BCUT2D eigenvalue weighted by molar-refractivity contribution is 5.83. The van der Waals surface area contributed by atoms with Crippen molar-refractivity contribution in [3.8, 4) is 0 Å². The van der Waals surface area contributed by atoms with Gasteiger partial charge in [-0.15, -0.1) is 0 Å². The lowest BCUT2D eigenvalue weighted by Gasteiger charge is -2.38. The molecule has 5 nitrogen and oxygen atoms in total. The predicted molar refractivity (Wildman–Crippen MR) is 92.3 cm³/mol. The Bertz CT molecular complexity index is 511. The van der Waals surface area contributed by atoms with Crippen LogP contribution >= 0.6 is 0 Å². The summed E-state index contributed by atoms with van der Waals surface area (Å²) in [5.74, 6) is 0.186. The third kappa shape index (κ3) is 4.53. The van der Waals surface area contributed by atoms with E-state index in [1.165, 1.54) is 0 Å². The minimum Gasteiger partial charge on any atom is -0.396 e. The highest BCUT2D eigenvalue weighted by Gasteiger charge is 2.30. The Kier molecular flexibility index (Phi) is 6.57. The standard InChI is InChI=1S/C18H29N3O2/c1-15-7-4-5-8-16(15)17(19(2)3)18(23)21-12-10-20(11-13-21)9-6-14-22/h4-5,7-8,17,22H,6,9-14H2,1-3H3/t17-/m0/s1. The van der Waals surface area contributed by atoms with Gasteiger partial charge in [-0.05, 0) is 38.6 Å². The number of amides is 1. The van der Waals surface area contributed by atoms with Crippen LogP contribution in [0.3, 0.4) is 0 Å². The van der Waals surface area contributed by atoms with Crippen LogP contribution in [0.5, 0.6) is 0 Å². The second kappa shape index (κ2) is 8.43. The molecule has 1 fully saturated rings. The predicted octanol–water partition coefficient (Wildman–Crippen LogP) is 1.12. The number of carbonyl (C=O) groups excluding carboxylic acids is 1. The lowest BCUT2D eigenvalue weighted by atomic mass is 9.99. The number of aliphatic hydroxyl groups is 1. The molecule has 1 aromatic carbocycles. The number of likely N-dealkylation sites (N-methyl/N-ethyl adjacent to an activating group) is 1. The van der Waals surface area contributed by atoms with Crippen LogP contribution in [-0.4, -0.2) is 79.1 Å². The van der Waals surface area contributed by atoms with Gasteiger partial charge in [0.05, 0.1) is 0 Å². The third-order valence-electron chi connectivity index (χ3n) is 4.55. The first-order chi connectivity index (χ1) is 11.0. The van der Waals surface area contributed by atoms with Crippen LogP contribution in [-0.2, 0) is 4.79 Å². The van der Waals surface area contributed by atoms with Gasteiger partial charge in [-0.1, -0.05) is 24.3 Å². The number of aryl methyl sites for hydroxylation is 1. The molecule has 1 aromatic rings. The van der Waals surface area contributed by atoms with Gasteiger partial charge in [0.25, 0.3) is 0 Å². The van der Waals surface area contributed by atoms with E-state index in [0.717, 1.165) is 50.3 Å². The normalized spacial score (nSPS) is 17.5. The van der Waals surface area contributed by atoms with E-state index in [2.05, 4.69) is 24.0 Å². The molecule has 2 rings (SSSR count). The van der Waals surface area contributed by atoms with Crippen molar-refractivity contribution in [1.29, 1.82) is 0 Å². The van der Waals surface area contributed by atoms with Crippen LogP contribution in [0.4, 0.5) is 0 Å². The summed E-state index contributed by atoms with van der Waals surface area (Å²) in [6.07, 6.45) is 0.803. The molecule has 1 aliphatic rings. The summed E-state index contributed by atoms with van der Waals surface area (Å²) in [6, 6.07) is 7.90. The van der Waals surface area contributed by atoms with Gasteiger partial charge in [0.2, 0.25) is 5.91 Å². The van der Waals surface area contributed by atoms with Gasteiger partial charge in [0, 0.05) is 39.3 Å². The molecule has 1 amide bonds. The second-order valence-corrected chi connectivity index (χ2v) is 6.47. The molecule has 0 saturated carbocycles. The van der Waals surface area contributed by atoms with Crippen LogP contribution < -0.4 is 0 Å². The van der Waals surface area contributed by atoms with Crippen molar-refractivity contribution < 1.29 is 9.90 Å². The second-order valence-electron chi connectivity index (χ2n) is 6.47. The molecule has 0 bridgehead atoms. The molecule has 1 saturated heterocycles. The summed E-state index contributed by atoms with van der Waals surface area (Å²) in [5.41, 5.74) is 2.24. The van der Waals surface area contributed by atoms with E-state index in [1.807, 2.05) is 36.0 Å². The Morgan fingerprint density at radius 2 is 1.87 bits per heavy atom. The molecule has 0 aromatic heterocycles. The fourth-order valence-corrected chi connectivity index (χ4v) is 3.18. The van der Waals surface area contributed by atoms with Crippen LogP contribution in [0.2, 0.25) is 0 Å². The van der Waals surface area contributed by atoms with E-state index in [9.17, 15) is 4.79 Å². The molecule has 5 heteroatoms. The van der Waals surface area contributed by atoms with Crippen molar-refractivity contribution in [3.05, 3.63) is 35.4 Å². The third-order valence-corrected chi connectivity index (χ3v) is 4.55. The van der Waals surface area contributed by atoms with E-state index < -0.39 is 0 Å². The highest BCUT2D eigenvalue weighted by atomic mass is 16.3. The fourth-order valence-electron chi connectivity index (χ4n) is 3.18. The molecule has 23 heavy (non-hydrogen) atoms. The van der Waals surface area contributed by atoms with Crippen LogP contribution in [0.1, 0.15) is 23.6 Å². The van der Waals surface area contributed by atoms with Gasteiger partial charge in [0.1, 0.15) is 6.04 Å². The molecule has 1 aliphatic heterocycles. The lowest BCUT2D eigenvalue weighted by molar-refractivity contribution is -0.138. The summed E-state index contributed by atoms with van der Waals surface area (Å²) in [6.45, 7) is 6.51.